The van der Waals surface area contributed by atoms with Gasteiger partial charge >= 0.3 is 5.97 Å². The topological polar surface area (TPSA) is 78.8 Å². The number of phenols is 1. The summed E-state index contributed by atoms with van der Waals surface area (Å²) in [5.74, 6) is -0.567. The van der Waals surface area contributed by atoms with Crippen molar-refractivity contribution in [3.05, 3.63) is 23.3 Å². The number of aromatic hydroxyl groups is 1. The molecule has 5 nitrogen and oxygen atoms in total. The van der Waals surface area contributed by atoms with Gasteiger partial charge in [-0.1, -0.05) is 6.07 Å². The molecule has 18 heavy (non-hydrogen) atoms. The lowest BCUT2D eigenvalue weighted by Gasteiger charge is -2.14. The molecule has 0 bridgehead atoms. The van der Waals surface area contributed by atoms with Gasteiger partial charge in [0, 0.05) is 12.6 Å². The number of carboxylic acids is 1. The van der Waals surface area contributed by atoms with Crippen molar-refractivity contribution in [3.8, 4) is 11.5 Å². The summed E-state index contributed by atoms with van der Waals surface area (Å²) in [6.07, 6.45) is 0.558. The minimum absolute atomic E-state index is 0.000648. The van der Waals surface area contributed by atoms with Crippen LogP contribution in [0.5, 0.6) is 11.5 Å². The third-order valence-corrected chi connectivity index (χ3v) is 3.39. The summed E-state index contributed by atoms with van der Waals surface area (Å²) in [5.41, 5.74) is 1.68. The number of benzene rings is 1. The predicted molar refractivity (Wildman–Crippen MR) is 65.9 cm³/mol. The largest absolute Gasteiger partial charge is 0.504 e. The zero-order valence-corrected chi connectivity index (χ0v) is 10.4. The molecule has 1 aliphatic heterocycles. The minimum atomic E-state index is -0.771. The van der Waals surface area contributed by atoms with Gasteiger partial charge in [0.25, 0.3) is 0 Å². The number of carboxylic acid groups (broad SMARTS) is 1. The van der Waals surface area contributed by atoms with Gasteiger partial charge in [-0.2, -0.15) is 0 Å². The zero-order chi connectivity index (χ0) is 13.3. The second-order valence-corrected chi connectivity index (χ2v) is 4.62. The Hall–Kier alpha value is -1.75. The Morgan fingerprint density at radius 2 is 2.22 bits per heavy atom. The molecular weight excluding hydrogens is 234 g/mol. The zero-order valence-electron chi connectivity index (χ0n) is 10.4. The summed E-state index contributed by atoms with van der Waals surface area (Å²) in [4.78, 5) is 10.9. The molecule has 1 aromatic rings. The van der Waals surface area contributed by atoms with Gasteiger partial charge in [0.15, 0.2) is 11.5 Å². The maximum absolute atomic E-state index is 10.9. The second-order valence-electron chi connectivity index (χ2n) is 4.62. The number of aryl methyl sites for hydroxylation is 1. The lowest BCUT2D eigenvalue weighted by Crippen LogP contribution is -2.17. The fourth-order valence-corrected chi connectivity index (χ4v) is 2.31. The number of ether oxygens (including phenoxy) is 1. The number of aliphatic carboxylic acids is 1. The molecular formula is C13H17NO4. The Labute approximate surface area is 105 Å². The van der Waals surface area contributed by atoms with E-state index >= 15 is 0 Å². The Morgan fingerprint density at radius 3 is 2.78 bits per heavy atom. The standard InChI is InChI=1S/C13H17NO4/c1-7-3-8(5-11(18-2)12(7)15)10-4-9(6-14-10)13(16)17/h3,5,9-10,14-15H,4,6H2,1-2H3,(H,16,17). The van der Waals surface area contributed by atoms with Crippen molar-refractivity contribution in [1.82, 2.24) is 5.32 Å². The Balaban J connectivity index is 2.25. The van der Waals surface area contributed by atoms with Crippen LogP contribution in [0.25, 0.3) is 0 Å². The van der Waals surface area contributed by atoms with Crippen LogP contribution in [0.3, 0.4) is 0 Å². The number of phenolic OH excluding ortho intramolecular Hbond substituents is 1. The van der Waals surface area contributed by atoms with Crippen molar-refractivity contribution in [3.63, 3.8) is 0 Å². The van der Waals surface area contributed by atoms with Crippen LogP contribution in [0, 0.1) is 12.8 Å². The van der Waals surface area contributed by atoms with Crippen LogP contribution in [0.2, 0.25) is 0 Å². The molecule has 0 amide bonds. The molecule has 0 radical (unpaired) electrons. The third kappa shape index (κ3) is 2.26. The smallest absolute Gasteiger partial charge is 0.307 e. The van der Waals surface area contributed by atoms with E-state index in [0.717, 1.165) is 11.1 Å². The Kier molecular flexibility index (Phi) is 3.43. The molecule has 98 valence electrons. The van der Waals surface area contributed by atoms with Gasteiger partial charge in [-0.05, 0) is 30.5 Å². The van der Waals surface area contributed by atoms with Crippen LogP contribution in [0.1, 0.15) is 23.6 Å². The van der Waals surface area contributed by atoms with E-state index in [1.54, 1.807) is 13.0 Å². The number of carbonyl (C=O) groups is 1. The average molecular weight is 251 g/mol. The molecule has 0 saturated carbocycles. The van der Waals surface area contributed by atoms with Crippen molar-refractivity contribution in [2.24, 2.45) is 5.92 Å². The monoisotopic (exact) mass is 251 g/mol. The quantitative estimate of drug-likeness (QED) is 0.757. The molecule has 2 atom stereocenters. The van der Waals surface area contributed by atoms with E-state index in [0.29, 0.717) is 18.7 Å². The molecule has 0 aliphatic carbocycles. The molecule has 0 spiro atoms. The molecule has 1 heterocycles. The fourth-order valence-electron chi connectivity index (χ4n) is 2.31. The highest BCUT2D eigenvalue weighted by Gasteiger charge is 2.30. The molecule has 1 fully saturated rings. The molecule has 1 aromatic carbocycles. The van der Waals surface area contributed by atoms with Crippen LogP contribution >= 0.6 is 0 Å². The molecule has 3 N–H and O–H groups in total. The van der Waals surface area contributed by atoms with Gasteiger partial charge in [-0.15, -0.1) is 0 Å². The van der Waals surface area contributed by atoms with Crippen LogP contribution in [-0.4, -0.2) is 29.8 Å². The van der Waals surface area contributed by atoms with E-state index in [-0.39, 0.29) is 17.7 Å². The number of rotatable bonds is 3. The predicted octanol–water partition coefficient (Wildman–Crippen LogP) is 1.44. The van der Waals surface area contributed by atoms with Crippen molar-refractivity contribution >= 4 is 5.97 Å². The summed E-state index contributed by atoms with van der Waals surface area (Å²) in [7, 11) is 1.50. The first-order valence-electron chi connectivity index (χ1n) is 5.86. The minimum Gasteiger partial charge on any atom is -0.504 e. The van der Waals surface area contributed by atoms with E-state index in [2.05, 4.69) is 5.32 Å². The first-order valence-corrected chi connectivity index (χ1v) is 5.86. The number of methoxy groups -OCH3 is 1. The lowest BCUT2D eigenvalue weighted by molar-refractivity contribution is -0.141. The van der Waals surface area contributed by atoms with Crippen LogP contribution < -0.4 is 10.1 Å². The van der Waals surface area contributed by atoms with Crippen molar-refractivity contribution in [2.45, 2.75) is 19.4 Å². The SMILES string of the molecule is COc1cc(C2CC(C(=O)O)CN2)cc(C)c1O. The molecule has 2 rings (SSSR count). The fraction of sp³-hybridized carbons (Fsp3) is 0.462. The highest BCUT2D eigenvalue weighted by Crippen LogP contribution is 2.36. The number of nitrogens with one attached hydrogen (secondary N) is 1. The van der Waals surface area contributed by atoms with E-state index in [9.17, 15) is 9.90 Å². The summed E-state index contributed by atoms with van der Waals surface area (Å²) in [5, 5.41) is 21.9. The van der Waals surface area contributed by atoms with Gasteiger partial charge < -0.3 is 20.3 Å². The molecule has 1 saturated heterocycles. The summed E-state index contributed by atoms with van der Waals surface area (Å²) in [6.45, 7) is 2.27. The van der Waals surface area contributed by atoms with Crippen molar-refractivity contribution in [2.75, 3.05) is 13.7 Å². The normalized spacial score (nSPS) is 23.0. The van der Waals surface area contributed by atoms with Gasteiger partial charge in [0.1, 0.15) is 0 Å². The summed E-state index contributed by atoms with van der Waals surface area (Å²) in [6, 6.07) is 3.61. The lowest BCUT2D eigenvalue weighted by atomic mass is 9.98. The van der Waals surface area contributed by atoms with Gasteiger partial charge in [0.05, 0.1) is 13.0 Å². The number of hydrogen-bond donors (Lipinski definition) is 3. The van der Waals surface area contributed by atoms with E-state index < -0.39 is 5.97 Å². The van der Waals surface area contributed by atoms with Crippen molar-refractivity contribution in [1.29, 1.82) is 0 Å². The molecule has 0 aromatic heterocycles. The van der Waals surface area contributed by atoms with E-state index in [4.69, 9.17) is 9.84 Å². The van der Waals surface area contributed by atoms with Crippen molar-refractivity contribution < 1.29 is 19.7 Å². The third-order valence-electron chi connectivity index (χ3n) is 3.39. The molecule has 1 aliphatic rings. The first-order chi connectivity index (χ1) is 8.52. The maximum Gasteiger partial charge on any atom is 0.307 e. The van der Waals surface area contributed by atoms with Gasteiger partial charge in [-0.25, -0.2) is 0 Å². The van der Waals surface area contributed by atoms with Gasteiger partial charge in [0.2, 0.25) is 0 Å². The second kappa shape index (κ2) is 4.86. The first kappa shape index (κ1) is 12.7. The van der Waals surface area contributed by atoms with Crippen LogP contribution in [-0.2, 0) is 4.79 Å². The highest BCUT2D eigenvalue weighted by atomic mass is 16.5. The van der Waals surface area contributed by atoms with Gasteiger partial charge in [-0.3, -0.25) is 4.79 Å². The Bertz CT molecular complexity index is 472. The summed E-state index contributed by atoms with van der Waals surface area (Å²) >= 11 is 0. The Morgan fingerprint density at radius 1 is 1.50 bits per heavy atom. The highest BCUT2D eigenvalue weighted by molar-refractivity contribution is 5.70. The maximum atomic E-state index is 10.9. The van der Waals surface area contributed by atoms with E-state index in [1.165, 1.54) is 7.11 Å². The molecule has 5 heteroatoms. The van der Waals surface area contributed by atoms with Crippen LogP contribution in [0.4, 0.5) is 0 Å². The molecule has 2 unspecified atom stereocenters. The summed E-state index contributed by atoms with van der Waals surface area (Å²) < 4.78 is 5.11. The van der Waals surface area contributed by atoms with E-state index in [1.807, 2.05) is 6.07 Å². The number of hydrogen-bond acceptors (Lipinski definition) is 4. The van der Waals surface area contributed by atoms with Crippen LogP contribution in [0.15, 0.2) is 12.1 Å². The average Bonchev–Trinajstić information content (AvgIpc) is 2.82.